The Balaban J connectivity index is 2.19. The van der Waals surface area contributed by atoms with Gasteiger partial charge in [0.2, 0.25) is 0 Å². The highest BCUT2D eigenvalue weighted by molar-refractivity contribution is 5.77. The van der Waals surface area contributed by atoms with Crippen molar-refractivity contribution in [1.29, 1.82) is 0 Å². The van der Waals surface area contributed by atoms with Crippen molar-refractivity contribution in [2.75, 3.05) is 23.8 Å². The number of fused-ring (bicyclic) bond motifs is 1. The van der Waals surface area contributed by atoms with E-state index in [2.05, 4.69) is 29.4 Å². The van der Waals surface area contributed by atoms with E-state index >= 15 is 0 Å². The van der Waals surface area contributed by atoms with Gasteiger partial charge in [0, 0.05) is 25.0 Å². The summed E-state index contributed by atoms with van der Waals surface area (Å²) in [5, 5.41) is 11.8. The molecule has 2 rings (SSSR count). The van der Waals surface area contributed by atoms with Gasteiger partial charge < -0.3 is 15.3 Å². The number of carboxylic acids is 1. The number of benzene rings is 1. The van der Waals surface area contributed by atoms with Gasteiger partial charge in [-0.1, -0.05) is 0 Å². The monoisotopic (exact) mass is 234 g/mol. The van der Waals surface area contributed by atoms with Gasteiger partial charge in [-0.3, -0.25) is 4.79 Å². The van der Waals surface area contributed by atoms with Gasteiger partial charge in [0.25, 0.3) is 0 Å². The summed E-state index contributed by atoms with van der Waals surface area (Å²) < 4.78 is 0. The van der Waals surface area contributed by atoms with Gasteiger partial charge in [0.1, 0.15) is 6.04 Å². The summed E-state index contributed by atoms with van der Waals surface area (Å²) in [4.78, 5) is 13.0. The fraction of sp³-hybridized carbons (Fsp3) is 0.462. The molecule has 4 heteroatoms. The molecule has 1 atom stereocenters. The molecule has 0 saturated heterocycles. The van der Waals surface area contributed by atoms with E-state index in [0.29, 0.717) is 0 Å². The first-order valence-electron chi connectivity index (χ1n) is 5.91. The summed E-state index contributed by atoms with van der Waals surface area (Å²) in [6, 6.07) is 5.50. The Labute approximate surface area is 101 Å². The lowest BCUT2D eigenvalue weighted by molar-refractivity contribution is -0.137. The van der Waals surface area contributed by atoms with Crippen LogP contribution in [0.2, 0.25) is 0 Å². The highest BCUT2D eigenvalue weighted by atomic mass is 16.4. The van der Waals surface area contributed by atoms with Crippen molar-refractivity contribution in [3.8, 4) is 0 Å². The molecular formula is C13H18N2O2. The van der Waals surface area contributed by atoms with Crippen LogP contribution in [0.25, 0.3) is 0 Å². The third-order valence-corrected chi connectivity index (χ3v) is 3.18. The number of carboxylic acid groups (broad SMARTS) is 1. The molecule has 1 aliphatic rings. The minimum Gasteiger partial charge on any atom is -0.480 e. The van der Waals surface area contributed by atoms with Crippen LogP contribution in [0.4, 0.5) is 11.4 Å². The van der Waals surface area contributed by atoms with Crippen LogP contribution in [0, 0.1) is 0 Å². The molecule has 92 valence electrons. The van der Waals surface area contributed by atoms with Crippen molar-refractivity contribution in [1.82, 2.24) is 0 Å². The Bertz CT molecular complexity index is 431. The summed E-state index contributed by atoms with van der Waals surface area (Å²) in [5.74, 6) is -0.833. The van der Waals surface area contributed by atoms with Gasteiger partial charge in [-0.25, -0.2) is 0 Å². The molecule has 0 spiro atoms. The molecule has 0 radical (unpaired) electrons. The number of nitrogens with zero attached hydrogens (tertiary/aromatic N) is 1. The lowest BCUT2D eigenvalue weighted by Crippen LogP contribution is -2.27. The van der Waals surface area contributed by atoms with Gasteiger partial charge in [-0.05, 0) is 43.5 Å². The first-order valence-corrected chi connectivity index (χ1v) is 5.91. The van der Waals surface area contributed by atoms with E-state index in [1.165, 1.54) is 11.3 Å². The van der Waals surface area contributed by atoms with Crippen molar-refractivity contribution >= 4 is 17.3 Å². The van der Waals surface area contributed by atoms with Crippen LogP contribution in [-0.2, 0) is 11.2 Å². The molecule has 0 bridgehead atoms. The molecule has 1 unspecified atom stereocenters. The number of anilines is 2. The minimum atomic E-state index is -0.833. The normalized spacial score (nSPS) is 16.2. The van der Waals surface area contributed by atoms with Gasteiger partial charge in [-0.2, -0.15) is 0 Å². The number of hydrogen-bond donors (Lipinski definition) is 2. The molecule has 0 fully saturated rings. The van der Waals surface area contributed by atoms with Crippen molar-refractivity contribution in [3.63, 3.8) is 0 Å². The molecule has 1 aromatic carbocycles. The average Bonchev–Trinajstić information content (AvgIpc) is 2.29. The fourth-order valence-corrected chi connectivity index (χ4v) is 2.19. The second-order valence-corrected chi connectivity index (χ2v) is 4.57. The van der Waals surface area contributed by atoms with Crippen LogP contribution in [0.15, 0.2) is 18.2 Å². The first kappa shape index (κ1) is 11.8. The van der Waals surface area contributed by atoms with Gasteiger partial charge >= 0.3 is 5.97 Å². The maximum Gasteiger partial charge on any atom is 0.325 e. The molecule has 17 heavy (non-hydrogen) atoms. The van der Waals surface area contributed by atoms with Crippen LogP contribution in [-0.4, -0.2) is 30.7 Å². The van der Waals surface area contributed by atoms with E-state index in [1.807, 2.05) is 6.07 Å². The van der Waals surface area contributed by atoms with Crippen LogP contribution in [0.3, 0.4) is 0 Å². The van der Waals surface area contributed by atoms with Crippen LogP contribution < -0.4 is 10.2 Å². The Hall–Kier alpha value is -1.71. The van der Waals surface area contributed by atoms with E-state index in [-0.39, 0.29) is 0 Å². The minimum absolute atomic E-state index is 0.561. The maximum atomic E-state index is 10.8. The number of hydrogen-bond acceptors (Lipinski definition) is 3. The van der Waals surface area contributed by atoms with E-state index in [1.54, 1.807) is 6.92 Å². The zero-order valence-corrected chi connectivity index (χ0v) is 10.2. The van der Waals surface area contributed by atoms with Crippen LogP contribution >= 0.6 is 0 Å². The topological polar surface area (TPSA) is 52.6 Å². The standard InChI is InChI=1S/C13H18N2O2/c1-9(13(16)17)14-11-5-6-12-10(8-11)4-3-7-15(12)2/h5-6,8-9,14H,3-4,7H2,1-2H3,(H,16,17). The SMILES string of the molecule is CC(Nc1ccc2c(c1)CCCN2C)C(=O)O. The van der Waals surface area contributed by atoms with Crippen LogP contribution in [0.1, 0.15) is 18.9 Å². The molecule has 0 aliphatic carbocycles. The second-order valence-electron chi connectivity index (χ2n) is 4.57. The predicted molar refractivity (Wildman–Crippen MR) is 68.8 cm³/mol. The van der Waals surface area contributed by atoms with E-state index in [0.717, 1.165) is 25.1 Å². The van der Waals surface area contributed by atoms with E-state index in [4.69, 9.17) is 5.11 Å². The molecule has 4 nitrogen and oxygen atoms in total. The maximum absolute atomic E-state index is 10.8. The highest BCUT2D eigenvalue weighted by Gasteiger charge is 2.15. The lowest BCUT2D eigenvalue weighted by Gasteiger charge is -2.28. The number of aliphatic carboxylic acids is 1. The molecule has 1 aliphatic heterocycles. The Morgan fingerprint density at radius 2 is 2.29 bits per heavy atom. The van der Waals surface area contributed by atoms with Crippen molar-refractivity contribution in [2.45, 2.75) is 25.8 Å². The second kappa shape index (κ2) is 4.65. The molecular weight excluding hydrogens is 216 g/mol. The molecule has 2 N–H and O–H groups in total. The molecule has 0 aromatic heterocycles. The Morgan fingerprint density at radius 3 is 3.00 bits per heavy atom. The van der Waals surface area contributed by atoms with Crippen molar-refractivity contribution < 1.29 is 9.90 Å². The average molecular weight is 234 g/mol. The molecule has 1 heterocycles. The van der Waals surface area contributed by atoms with E-state index in [9.17, 15) is 4.79 Å². The number of aryl methyl sites for hydroxylation is 1. The van der Waals surface area contributed by atoms with Gasteiger partial charge in [0.15, 0.2) is 0 Å². The largest absolute Gasteiger partial charge is 0.480 e. The number of nitrogens with one attached hydrogen (secondary N) is 1. The lowest BCUT2D eigenvalue weighted by atomic mass is 10.0. The van der Waals surface area contributed by atoms with E-state index < -0.39 is 12.0 Å². The van der Waals surface area contributed by atoms with Gasteiger partial charge in [-0.15, -0.1) is 0 Å². The third kappa shape index (κ3) is 2.52. The van der Waals surface area contributed by atoms with Gasteiger partial charge in [0.05, 0.1) is 0 Å². The quantitative estimate of drug-likeness (QED) is 0.839. The zero-order valence-electron chi connectivity index (χ0n) is 10.2. The number of rotatable bonds is 3. The molecule has 0 saturated carbocycles. The summed E-state index contributed by atoms with van der Waals surface area (Å²) >= 11 is 0. The van der Waals surface area contributed by atoms with Crippen LogP contribution in [0.5, 0.6) is 0 Å². The Kier molecular flexibility index (Phi) is 3.22. The van der Waals surface area contributed by atoms with Crippen molar-refractivity contribution in [3.05, 3.63) is 23.8 Å². The predicted octanol–water partition coefficient (Wildman–Crippen LogP) is 1.95. The van der Waals surface area contributed by atoms with Crippen molar-refractivity contribution in [2.24, 2.45) is 0 Å². The highest BCUT2D eigenvalue weighted by Crippen LogP contribution is 2.28. The zero-order chi connectivity index (χ0) is 12.4. The number of carbonyl (C=O) groups is 1. The summed E-state index contributed by atoms with van der Waals surface area (Å²) in [7, 11) is 2.09. The Morgan fingerprint density at radius 1 is 1.53 bits per heavy atom. The fourth-order valence-electron chi connectivity index (χ4n) is 2.19. The summed E-state index contributed by atoms with van der Waals surface area (Å²) in [6.45, 7) is 2.74. The third-order valence-electron chi connectivity index (χ3n) is 3.18. The first-order chi connectivity index (χ1) is 8.08. The smallest absolute Gasteiger partial charge is 0.325 e. The molecule has 1 aromatic rings. The molecule has 0 amide bonds. The summed E-state index contributed by atoms with van der Waals surface area (Å²) in [5.41, 5.74) is 3.43. The summed E-state index contributed by atoms with van der Waals surface area (Å²) in [6.07, 6.45) is 2.22.